The lowest BCUT2D eigenvalue weighted by atomic mass is 10.1. The molecule has 146 valence electrons. The monoisotopic (exact) mass is 390 g/mol. The van der Waals surface area contributed by atoms with E-state index < -0.39 is 10.0 Å². The molecule has 2 aromatic carbocycles. The van der Waals surface area contributed by atoms with Crippen LogP contribution in [0.15, 0.2) is 47.4 Å². The first-order valence-corrected chi connectivity index (χ1v) is 10.5. The van der Waals surface area contributed by atoms with Gasteiger partial charge in [-0.2, -0.15) is 0 Å². The van der Waals surface area contributed by atoms with Gasteiger partial charge in [-0.25, -0.2) is 13.1 Å². The summed E-state index contributed by atoms with van der Waals surface area (Å²) in [6, 6.07) is 12.8. The molecule has 6 nitrogen and oxygen atoms in total. The molecule has 27 heavy (non-hydrogen) atoms. The van der Waals surface area contributed by atoms with E-state index in [0.29, 0.717) is 5.75 Å². The lowest BCUT2D eigenvalue weighted by Crippen LogP contribution is -2.36. The number of nitrogens with zero attached hydrogens (tertiary/aromatic N) is 1. The zero-order chi connectivity index (χ0) is 19.3. The van der Waals surface area contributed by atoms with Gasteiger partial charge >= 0.3 is 0 Å². The highest BCUT2D eigenvalue weighted by Crippen LogP contribution is 2.21. The Labute approximate surface area is 161 Å². The second-order valence-corrected chi connectivity index (χ2v) is 8.38. The molecule has 2 aromatic rings. The van der Waals surface area contributed by atoms with Crippen LogP contribution in [-0.2, 0) is 27.8 Å². The van der Waals surface area contributed by atoms with Crippen molar-refractivity contribution >= 4 is 10.0 Å². The molecule has 0 atom stereocenters. The van der Waals surface area contributed by atoms with Crippen molar-refractivity contribution in [2.75, 3.05) is 33.4 Å². The summed E-state index contributed by atoms with van der Waals surface area (Å²) in [6.07, 6.45) is 0. The highest BCUT2D eigenvalue weighted by molar-refractivity contribution is 7.89. The van der Waals surface area contributed by atoms with Crippen LogP contribution < -0.4 is 9.46 Å². The zero-order valence-electron chi connectivity index (χ0n) is 15.8. The van der Waals surface area contributed by atoms with E-state index in [2.05, 4.69) is 15.7 Å². The number of nitrogens with one attached hydrogen (secondary N) is 1. The van der Waals surface area contributed by atoms with Gasteiger partial charge in [-0.1, -0.05) is 24.3 Å². The lowest BCUT2D eigenvalue weighted by molar-refractivity contribution is 0.0341. The van der Waals surface area contributed by atoms with E-state index in [0.717, 1.165) is 49.5 Å². The number of ether oxygens (including phenoxy) is 2. The average molecular weight is 391 g/mol. The maximum absolute atomic E-state index is 12.7. The Balaban J connectivity index is 1.71. The second-order valence-electron chi connectivity index (χ2n) is 6.61. The fourth-order valence-corrected chi connectivity index (χ4v) is 4.25. The van der Waals surface area contributed by atoms with Crippen molar-refractivity contribution in [3.63, 3.8) is 0 Å². The van der Waals surface area contributed by atoms with Crippen LogP contribution >= 0.6 is 0 Å². The molecule has 0 bridgehead atoms. The minimum Gasteiger partial charge on any atom is -0.496 e. The first-order chi connectivity index (χ1) is 13.0. The summed E-state index contributed by atoms with van der Waals surface area (Å²) >= 11 is 0. The fraction of sp³-hybridized carbons (Fsp3) is 0.400. The number of sulfonamides is 1. The van der Waals surface area contributed by atoms with Gasteiger partial charge in [-0.15, -0.1) is 0 Å². The summed E-state index contributed by atoms with van der Waals surface area (Å²) in [5, 5.41) is 0. The Morgan fingerprint density at radius 2 is 1.81 bits per heavy atom. The third kappa shape index (κ3) is 5.07. The normalized spacial score (nSPS) is 15.6. The SMILES string of the molecule is COc1ccc(S(=O)(=O)NCc2ccccc2CN2CCOCC2)cc1C. The predicted octanol–water partition coefficient (Wildman–Crippen LogP) is 2.31. The fourth-order valence-electron chi connectivity index (χ4n) is 3.16. The van der Waals surface area contributed by atoms with Gasteiger partial charge in [0.2, 0.25) is 10.0 Å². The maximum atomic E-state index is 12.7. The summed E-state index contributed by atoms with van der Waals surface area (Å²) < 4.78 is 38.7. The van der Waals surface area contributed by atoms with E-state index in [1.54, 1.807) is 25.3 Å². The summed E-state index contributed by atoms with van der Waals surface area (Å²) in [7, 11) is -2.03. The summed E-state index contributed by atoms with van der Waals surface area (Å²) in [5.41, 5.74) is 2.90. The molecule has 1 saturated heterocycles. The van der Waals surface area contributed by atoms with Gasteiger partial charge in [0.15, 0.2) is 0 Å². The van der Waals surface area contributed by atoms with Crippen LogP contribution in [0.3, 0.4) is 0 Å². The molecule has 3 rings (SSSR count). The van der Waals surface area contributed by atoms with Crippen LogP contribution in [0.1, 0.15) is 16.7 Å². The largest absolute Gasteiger partial charge is 0.496 e. The molecule has 0 saturated carbocycles. The van der Waals surface area contributed by atoms with Crippen LogP contribution in [0.4, 0.5) is 0 Å². The summed E-state index contributed by atoms with van der Waals surface area (Å²) in [4.78, 5) is 2.57. The number of benzene rings is 2. The number of aryl methyl sites for hydroxylation is 1. The van der Waals surface area contributed by atoms with Crippen LogP contribution in [0.25, 0.3) is 0 Å². The van der Waals surface area contributed by atoms with Crippen molar-refractivity contribution in [2.24, 2.45) is 0 Å². The van der Waals surface area contributed by atoms with E-state index in [9.17, 15) is 8.42 Å². The van der Waals surface area contributed by atoms with Gasteiger partial charge in [0.05, 0.1) is 25.2 Å². The van der Waals surface area contributed by atoms with Crippen molar-refractivity contribution in [3.8, 4) is 5.75 Å². The highest BCUT2D eigenvalue weighted by Gasteiger charge is 2.17. The Morgan fingerprint density at radius 1 is 1.11 bits per heavy atom. The van der Waals surface area contributed by atoms with E-state index >= 15 is 0 Å². The van der Waals surface area contributed by atoms with Gasteiger partial charge < -0.3 is 9.47 Å². The van der Waals surface area contributed by atoms with Crippen molar-refractivity contribution < 1.29 is 17.9 Å². The van der Waals surface area contributed by atoms with E-state index in [1.807, 2.05) is 25.1 Å². The lowest BCUT2D eigenvalue weighted by Gasteiger charge is -2.27. The third-order valence-corrected chi connectivity index (χ3v) is 6.14. The van der Waals surface area contributed by atoms with Crippen LogP contribution in [0.2, 0.25) is 0 Å². The van der Waals surface area contributed by atoms with Gasteiger partial charge in [0, 0.05) is 26.2 Å². The number of hydrogen-bond acceptors (Lipinski definition) is 5. The maximum Gasteiger partial charge on any atom is 0.240 e. The molecule has 1 aliphatic rings. The first-order valence-electron chi connectivity index (χ1n) is 9.01. The van der Waals surface area contributed by atoms with Crippen LogP contribution in [0, 0.1) is 6.92 Å². The predicted molar refractivity (Wildman–Crippen MR) is 104 cm³/mol. The van der Waals surface area contributed by atoms with Crippen molar-refractivity contribution in [3.05, 3.63) is 59.2 Å². The van der Waals surface area contributed by atoms with E-state index in [1.165, 1.54) is 0 Å². The smallest absolute Gasteiger partial charge is 0.240 e. The van der Waals surface area contributed by atoms with Gasteiger partial charge in [-0.3, -0.25) is 4.90 Å². The molecule has 1 heterocycles. The average Bonchev–Trinajstić information content (AvgIpc) is 2.68. The second kappa shape index (κ2) is 8.84. The topological polar surface area (TPSA) is 67.9 Å². The minimum atomic E-state index is -3.59. The molecule has 0 aliphatic carbocycles. The zero-order valence-corrected chi connectivity index (χ0v) is 16.6. The molecule has 7 heteroatoms. The Kier molecular flexibility index (Phi) is 6.49. The molecule has 0 amide bonds. The number of rotatable bonds is 7. The first kappa shape index (κ1) is 19.8. The molecule has 1 fully saturated rings. The van der Waals surface area contributed by atoms with Gasteiger partial charge in [0.1, 0.15) is 5.75 Å². The molecule has 0 aromatic heterocycles. The molecule has 0 unspecified atom stereocenters. The Hall–Kier alpha value is -1.93. The number of morpholine rings is 1. The minimum absolute atomic E-state index is 0.242. The van der Waals surface area contributed by atoms with Crippen molar-refractivity contribution in [1.82, 2.24) is 9.62 Å². The quantitative estimate of drug-likeness (QED) is 0.786. The standard InChI is InChI=1S/C20H26N2O4S/c1-16-13-19(7-8-20(16)25-2)27(23,24)21-14-17-5-3-4-6-18(17)15-22-9-11-26-12-10-22/h3-8,13,21H,9-12,14-15H2,1-2H3. The van der Waals surface area contributed by atoms with Gasteiger partial charge in [-0.05, 0) is 41.8 Å². The third-order valence-electron chi connectivity index (χ3n) is 4.75. The molecular weight excluding hydrogens is 364 g/mol. The molecule has 1 aliphatic heterocycles. The summed E-state index contributed by atoms with van der Waals surface area (Å²) in [6.45, 7) is 6.15. The Bertz CT molecular complexity index is 877. The van der Waals surface area contributed by atoms with Crippen molar-refractivity contribution in [1.29, 1.82) is 0 Å². The molecule has 1 N–H and O–H groups in total. The molecular formula is C20H26N2O4S. The van der Waals surface area contributed by atoms with E-state index in [4.69, 9.17) is 9.47 Å². The van der Waals surface area contributed by atoms with Gasteiger partial charge in [0.25, 0.3) is 0 Å². The van der Waals surface area contributed by atoms with E-state index in [-0.39, 0.29) is 11.4 Å². The number of hydrogen-bond donors (Lipinski definition) is 1. The molecule has 0 spiro atoms. The number of methoxy groups -OCH3 is 1. The Morgan fingerprint density at radius 3 is 2.48 bits per heavy atom. The van der Waals surface area contributed by atoms with Crippen LogP contribution in [0.5, 0.6) is 5.75 Å². The molecule has 0 radical (unpaired) electrons. The summed E-state index contributed by atoms with van der Waals surface area (Å²) in [5.74, 6) is 0.671. The van der Waals surface area contributed by atoms with Crippen molar-refractivity contribution in [2.45, 2.75) is 24.9 Å². The highest BCUT2D eigenvalue weighted by atomic mass is 32.2. The van der Waals surface area contributed by atoms with Crippen LogP contribution in [-0.4, -0.2) is 46.7 Å².